The van der Waals surface area contributed by atoms with Crippen molar-refractivity contribution in [3.63, 3.8) is 0 Å². The molecular formula is C17H14N2O2. The smallest absolute Gasteiger partial charge is 0.183 e. The Morgan fingerprint density at radius 1 is 1.05 bits per heavy atom. The summed E-state index contributed by atoms with van der Waals surface area (Å²) in [6.07, 6.45) is 0. The van der Waals surface area contributed by atoms with Gasteiger partial charge >= 0.3 is 0 Å². The molecule has 0 spiro atoms. The molecule has 4 nitrogen and oxygen atoms in total. The first kappa shape index (κ1) is 13.2. The molecule has 0 bridgehead atoms. The van der Waals surface area contributed by atoms with E-state index in [-0.39, 0.29) is 5.70 Å². The SMILES string of the molecule is CCN=C1/C(=C(\N=O)c2ccccc2)Oc2ccccc21. The maximum atomic E-state index is 11.4. The van der Waals surface area contributed by atoms with Gasteiger partial charge in [0.2, 0.25) is 0 Å². The standard InChI is InChI=1S/C17H14N2O2/c1-2-18-16-13-10-6-7-11-14(13)21-17(16)15(19-20)12-8-4-3-5-9-12/h3-11H,2H2,1H3/b17-15+,18-16?. The van der Waals surface area contributed by atoms with E-state index in [0.717, 1.165) is 11.1 Å². The number of para-hydroxylation sites is 1. The van der Waals surface area contributed by atoms with Gasteiger partial charge in [-0.2, -0.15) is 0 Å². The molecule has 0 aromatic heterocycles. The number of nitrogens with zero attached hydrogens (tertiary/aromatic N) is 2. The van der Waals surface area contributed by atoms with E-state index >= 15 is 0 Å². The van der Waals surface area contributed by atoms with E-state index in [1.54, 1.807) is 0 Å². The van der Waals surface area contributed by atoms with Crippen molar-refractivity contribution in [1.82, 2.24) is 0 Å². The van der Waals surface area contributed by atoms with Crippen molar-refractivity contribution in [3.05, 3.63) is 76.4 Å². The minimum atomic E-state index is 0.277. The second kappa shape index (κ2) is 5.71. The predicted molar refractivity (Wildman–Crippen MR) is 83.3 cm³/mol. The van der Waals surface area contributed by atoms with E-state index in [0.29, 0.717) is 23.8 Å². The summed E-state index contributed by atoms with van der Waals surface area (Å²) in [6, 6.07) is 16.9. The molecule has 0 unspecified atom stereocenters. The van der Waals surface area contributed by atoms with Gasteiger partial charge in [-0.25, -0.2) is 0 Å². The Hall–Kier alpha value is -2.75. The first-order chi connectivity index (χ1) is 10.3. The minimum absolute atomic E-state index is 0.277. The molecular weight excluding hydrogens is 264 g/mol. The fraction of sp³-hybridized carbons (Fsp3) is 0.118. The summed E-state index contributed by atoms with van der Waals surface area (Å²) in [5.41, 5.74) is 2.58. The third kappa shape index (κ3) is 2.36. The van der Waals surface area contributed by atoms with Gasteiger partial charge in [-0.15, -0.1) is 4.91 Å². The molecule has 1 aliphatic rings. The molecule has 1 aliphatic heterocycles. The Balaban J connectivity index is 2.20. The van der Waals surface area contributed by atoms with Crippen molar-refractivity contribution in [3.8, 4) is 5.75 Å². The van der Waals surface area contributed by atoms with Gasteiger partial charge in [0.25, 0.3) is 0 Å². The van der Waals surface area contributed by atoms with Gasteiger partial charge in [-0.3, -0.25) is 4.99 Å². The van der Waals surface area contributed by atoms with Crippen molar-refractivity contribution < 1.29 is 4.74 Å². The van der Waals surface area contributed by atoms with Crippen LogP contribution in [-0.4, -0.2) is 12.3 Å². The zero-order valence-corrected chi connectivity index (χ0v) is 11.6. The average Bonchev–Trinajstić information content (AvgIpc) is 2.89. The third-order valence-corrected chi connectivity index (χ3v) is 3.24. The summed E-state index contributed by atoms with van der Waals surface area (Å²) < 4.78 is 5.83. The summed E-state index contributed by atoms with van der Waals surface area (Å²) in [5, 5.41) is 3.18. The van der Waals surface area contributed by atoms with Gasteiger partial charge in [0.05, 0.1) is 0 Å². The van der Waals surface area contributed by atoms with Gasteiger partial charge in [0, 0.05) is 17.7 Å². The molecule has 4 heteroatoms. The molecule has 3 rings (SSSR count). The summed E-state index contributed by atoms with van der Waals surface area (Å²) in [5.74, 6) is 1.14. The van der Waals surface area contributed by atoms with Crippen LogP contribution in [0.5, 0.6) is 5.75 Å². The molecule has 0 fully saturated rings. The van der Waals surface area contributed by atoms with Gasteiger partial charge in [-0.05, 0) is 24.2 Å². The van der Waals surface area contributed by atoms with Crippen LogP contribution in [0.25, 0.3) is 5.70 Å². The highest BCUT2D eigenvalue weighted by Crippen LogP contribution is 2.35. The van der Waals surface area contributed by atoms with Crippen LogP contribution in [0.2, 0.25) is 0 Å². The maximum absolute atomic E-state index is 11.4. The van der Waals surface area contributed by atoms with Crippen LogP contribution in [0.3, 0.4) is 0 Å². The normalized spacial score (nSPS) is 17.3. The Morgan fingerprint density at radius 3 is 2.48 bits per heavy atom. The van der Waals surface area contributed by atoms with Crippen LogP contribution >= 0.6 is 0 Å². The molecule has 0 N–H and O–H groups in total. The summed E-state index contributed by atoms with van der Waals surface area (Å²) in [7, 11) is 0. The van der Waals surface area contributed by atoms with Crippen LogP contribution in [0.1, 0.15) is 18.1 Å². The lowest BCUT2D eigenvalue weighted by Crippen LogP contribution is -2.04. The Morgan fingerprint density at radius 2 is 1.76 bits per heavy atom. The number of fused-ring (bicyclic) bond motifs is 1. The molecule has 0 atom stereocenters. The number of benzene rings is 2. The van der Waals surface area contributed by atoms with Crippen LogP contribution in [0.15, 0.2) is 70.5 Å². The maximum Gasteiger partial charge on any atom is 0.183 e. The summed E-state index contributed by atoms with van der Waals surface area (Å²) in [4.78, 5) is 15.8. The third-order valence-electron chi connectivity index (χ3n) is 3.24. The summed E-state index contributed by atoms with van der Waals surface area (Å²) in [6.45, 7) is 2.56. The van der Waals surface area contributed by atoms with E-state index in [2.05, 4.69) is 10.2 Å². The van der Waals surface area contributed by atoms with E-state index < -0.39 is 0 Å². The van der Waals surface area contributed by atoms with Crippen LogP contribution in [0, 0.1) is 4.91 Å². The second-order valence-electron chi connectivity index (χ2n) is 4.56. The van der Waals surface area contributed by atoms with Crippen LogP contribution in [0.4, 0.5) is 0 Å². The number of hydrogen-bond donors (Lipinski definition) is 0. The largest absolute Gasteiger partial charge is 0.452 e. The zero-order chi connectivity index (χ0) is 14.7. The van der Waals surface area contributed by atoms with Gasteiger partial charge in [0.15, 0.2) is 11.5 Å². The van der Waals surface area contributed by atoms with Crippen molar-refractivity contribution >= 4 is 11.4 Å². The van der Waals surface area contributed by atoms with Gasteiger partial charge < -0.3 is 4.74 Å². The lowest BCUT2D eigenvalue weighted by Gasteiger charge is -2.04. The molecule has 104 valence electrons. The van der Waals surface area contributed by atoms with Crippen molar-refractivity contribution in [1.29, 1.82) is 0 Å². The monoisotopic (exact) mass is 278 g/mol. The number of allylic oxidation sites excluding steroid dienone is 1. The first-order valence-corrected chi connectivity index (χ1v) is 6.80. The number of ether oxygens (including phenoxy) is 1. The predicted octanol–water partition coefficient (Wildman–Crippen LogP) is 4.02. The van der Waals surface area contributed by atoms with Crippen LogP contribution in [-0.2, 0) is 0 Å². The van der Waals surface area contributed by atoms with Crippen molar-refractivity contribution in [2.75, 3.05) is 6.54 Å². The Bertz CT molecular complexity index is 733. The molecule has 1 heterocycles. The fourth-order valence-electron chi connectivity index (χ4n) is 2.33. The van der Waals surface area contributed by atoms with E-state index in [9.17, 15) is 4.91 Å². The number of nitroso groups, excluding NO2 is 1. The topological polar surface area (TPSA) is 51.0 Å². The first-order valence-electron chi connectivity index (χ1n) is 6.80. The van der Waals surface area contributed by atoms with Crippen molar-refractivity contribution in [2.24, 2.45) is 10.2 Å². The lowest BCUT2D eigenvalue weighted by molar-refractivity contribution is 0.470. The second-order valence-corrected chi connectivity index (χ2v) is 4.56. The number of hydrogen-bond acceptors (Lipinski definition) is 4. The lowest BCUT2D eigenvalue weighted by atomic mass is 10.1. The van der Waals surface area contributed by atoms with E-state index in [1.165, 1.54) is 0 Å². The van der Waals surface area contributed by atoms with Crippen molar-refractivity contribution in [2.45, 2.75) is 6.92 Å². The quantitative estimate of drug-likeness (QED) is 0.796. The molecule has 0 amide bonds. The van der Waals surface area contributed by atoms with E-state index in [4.69, 9.17) is 4.74 Å². The highest BCUT2D eigenvalue weighted by molar-refractivity contribution is 6.19. The molecule has 0 radical (unpaired) electrons. The highest BCUT2D eigenvalue weighted by atomic mass is 16.5. The minimum Gasteiger partial charge on any atom is -0.452 e. The van der Waals surface area contributed by atoms with E-state index in [1.807, 2.05) is 61.5 Å². The molecule has 2 aromatic rings. The molecule has 0 saturated heterocycles. The molecule has 2 aromatic carbocycles. The van der Waals surface area contributed by atoms with Crippen LogP contribution < -0.4 is 4.74 Å². The van der Waals surface area contributed by atoms with Gasteiger partial charge in [-0.1, -0.05) is 42.5 Å². The highest BCUT2D eigenvalue weighted by Gasteiger charge is 2.29. The van der Waals surface area contributed by atoms with Gasteiger partial charge in [0.1, 0.15) is 11.5 Å². The number of aliphatic imine (C=N–C) groups is 1. The average molecular weight is 278 g/mol. The molecule has 21 heavy (non-hydrogen) atoms. The Labute approximate surface area is 122 Å². The zero-order valence-electron chi connectivity index (χ0n) is 11.6. The molecule has 0 saturated carbocycles. The number of rotatable bonds is 3. The fourth-order valence-corrected chi connectivity index (χ4v) is 2.33. The molecule has 0 aliphatic carbocycles. The Kier molecular flexibility index (Phi) is 3.60. The summed E-state index contributed by atoms with van der Waals surface area (Å²) >= 11 is 0.